The molecule has 0 saturated carbocycles. The van der Waals surface area contributed by atoms with E-state index in [9.17, 15) is 18.4 Å². The zero-order valence-corrected chi connectivity index (χ0v) is 24.7. The Morgan fingerprint density at radius 1 is 1.00 bits per heavy atom. The van der Waals surface area contributed by atoms with Gasteiger partial charge in [0.2, 0.25) is 0 Å². The largest absolute Gasteiger partial charge is 0.393 e. The van der Waals surface area contributed by atoms with Crippen LogP contribution in [-0.2, 0) is 19.5 Å². The maximum absolute atomic E-state index is 12.9. The van der Waals surface area contributed by atoms with Gasteiger partial charge in [0.1, 0.15) is 28.7 Å². The highest BCUT2D eigenvalue weighted by Gasteiger charge is 2.29. The smallest absolute Gasteiger partial charge is 0.367 e. The van der Waals surface area contributed by atoms with Crippen LogP contribution in [0.1, 0.15) is 53.8 Å². The number of nitrogens with one attached hydrogen (secondary N) is 1. The number of hydrogen-bond donors (Lipinski definition) is 1. The molecule has 0 atom stereocenters. The Labute approximate surface area is 248 Å². The van der Waals surface area contributed by atoms with Crippen molar-refractivity contribution in [1.82, 2.24) is 24.3 Å². The van der Waals surface area contributed by atoms with Crippen molar-refractivity contribution < 1.29 is 13.2 Å². The molecule has 7 nitrogen and oxygen atoms in total. The van der Waals surface area contributed by atoms with Gasteiger partial charge in [-0.25, -0.2) is 9.97 Å². The molecule has 6 rings (SSSR count). The number of hydrogen-bond acceptors (Lipinski definition) is 7. The van der Waals surface area contributed by atoms with Gasteiger partial charge >= 0.3 is 6.18 Å². The first kappa shape index (κ1) is 28.9. The van der Waals surface area contributed by atoms with Crippen molar-refractivity contribution >= 4 is 38.3 Å². The topological polar surface area (TPSA) is 73.0 Å². The van der Waals surface area contributed by atoms with E-state index in [-0.39, 0.29) is 10.9 Å². The Hall–Kier alpha value is -3.20. The van der Waals surface area contributed by atoms with Gasteiger partial charge in [0.05, 0.1) is 11.8 Å². The molecule has 0 amide bonds. The van der Waals surface area contributed by atoms with Crippen LogP contribution in [0, 0.1) is 18.3 Å². The third kappa shape index (κ3) is 6.41. The fraction of sp³-hybridized carbons (Fsp3) is 0.516. The van der Waals surface area contributed by atoms with Crippen LogP contribution in [0.3, 0.4) is 0 Å². The molecule has 0 radical (unpaired) electrons. The third-order valence-electron chi connectivity index (χ3n) is 8.75. The van der Waals surface area contributed by atoms with E-state index in [1.54, 1.807) is 6.07 Å². The summed E-state index contributed by atoms with van der Waals surface area (Å²) >= 11 is 1.08. The van der Waals surface area contributed by atoms with Crippen LogP contribution in [0.4, 0.5) is 19.0 Å². The van der Waals surface area contributed by atoms with E-state index < -0.39 is 12.6 Å². The fourth-order valence-electron chi connectivity index (χ4n) is 6.43. The summed E-state index contributed by atoms with van der Waals surface area (Å²) in [6, 6.07) is 10.6. The van der Waals surface area contributed by atoms with Gasteiger partial charge in [-0.3, -0.25) is 4.90 Å². The lowest BCUT2D eigenvalue weighted by Gasteiger charge is -2.33. The molecule has 0 unspecified atom stereocenters. The quantitative estimate of drug-likeness (QED) is 0.251. The maximum Gasteiger partial charge on any atom is 0.393 e. The second kappa shape index (κ2) is 12.2. The van der Waals surface area contributed by atoms with E-state index >= 15 is 0 Å². The first-order valence-electron chi connectivity index (χ1n) is 14.8. The SMILES string of the molecule is Cc1c(CN2CCC(Nc3ncnc4sc(CC(F)(F)F)cc34)CC2)ccc2c1cc(C#N)n2CCN1CCCCC1. The number of piperidine rings is 2. The molecule has 2 aliphatic rings. The molecule has 0 bridgehead atoms. The van der Waals surface area contributed by atoms with Crippen molar-refractivity contribution in [2.24, 2.45) is 0 Å². The van der Waals surface area contributed by atoms with E-state index in [2.05, 4.69) is 54.8 Å². The van der Waals surface area contributed by atoms with Crippen molar-refractivity contribution in [1.29, 1.82) is 5.26 Å². The molecule has 0 spiro atoms. The number of halogens is 3. The zero-order chi connectivity index (χ0) is 29.3. The summed E-state index contributed by atoms with van der Waals surface area (Å²) < 4.78 is 40.9. The predicted octanol–water partition coefficient (Wildman–Crippen LogP) is 6.49. The number of fused-ring (bicyclic) bond motifs is 2. The molecule has 1 N–H and O–H groups in total. The zero-order valence-electron chi connectivity index (χ0n) is 23.9. The van der Waals surface area contributed by atoms with E-state index in [4.69, 9.17) is 0 Å². The van der Waals surface area contributed by atoms with E-state index in [1.807, 2.05) is 6.07 Å². The highest BCUT2D eigenvalue weighted by Crippen LogP contribution is 2.33. The van der Waals surface area contributed by atoms with Crippen LogP contribution < -0.4 is 5.32 Å². The molecule has 1 aromatic carbocycles. The molecule has 2 saturated heterocycles. The molecule has 11 heteroatoms. The normalized spacial score (nSPS) is 17.7. The van der Waals surface area contributed by atoms with Gasteiger partial charge < -0.3 is 14.8 Å². The Balaban J connectivity index is 1.09. The second-order valence-electron chi connectivity index (χ2n) is 11.6. The standard InChI is InChI=1S/C31H36F3N7S/c1-21-22(5-6-28-26(21)15-24(18-35)41(28)14-13-39-9-3-2-4-10-39)19-40-11-7-23(8-12-40)38-29-27-16-25(17-31(32,33)34)42-30(27)37-20-36-29/h5-6,15-16,20,23H,2-4,7-14,17,19H2,1H3,(H,36,37,38). The predicted molar refractivity (Wildman–Crippen MR) is 161 cm³/mol. The highest BCUT2D eigenvalue weighted by atomic mass is 32.1. The minimum atomic E-state index is -4.24. The molecule has 42 heavy (non-hydrogen) atoms. The van der Waals surface area contributed by atoms with Gasteiger partial charge in [-0.2, -0.15) is 18.4 Å². The van der Waals surface area contributed by atoms with Gasteiger partial charge in [-0.1, -0.05) is 12.5 Å². The molecule has 5 heterocycles. The summed E-state index contributed by atoms with van der Waals surface area (Å²) in [6.07, 6.45) is 1.90. The summed E-state index contributed by atoms with van der Waals surface area (Å²) in [5.41, 5.74) is 4.37. The molecular formula is C31H36F3N7S. The van der Waals surface area contributed by atoms with Crippen LogP contribution in [0.2, 0.25) is 0 Å². The van der Waals surface area contributed by atoms with Gasteiger partial charge in [-0.05, 0) is 75.0 Å². The lowest BCUT2D eigenvalue weighted by molar-refractivity contribution is -0.126. The third-order valence-corrected chi connectivity index (χ3v) is 9.79. The second-order valence-corrected chi connectivity index (χ2v) is 12.7. The number of nitrogens with zero attached hydrogens (tertiary/aromatic N) is 6. The van der Waals surface area contributed by atoms with Crippen LogP contribution in [-0.4, -0.2) is 69.3 Å². The average molecular weight is 596 g/mol. The number of aryl methyl sites for hydroxylation is 1. The van der Waals surface area contributed by atoms with Gasteiger partial charge in [-0.15, -0.1) is 11.3 Å². The number of anilines is 1. The van der Waals surface area contributed by atoms with Crippen molar-refractivity contribution in [3.63, 3.8) is 0 Å². The van der Waals surface area contributed by atoms with E-state index in [1.165, 1.54) is 36.7 Å². The van der Waals surface area contributed by atoms with Crippen molar-refractivity contribution in [3.05, 3.63) is 52.3 Å². The number of benzene rings is 1. The minimum absolute atomic E-state index is 0.195. The number of aromatic nitrogens is 3. The highest BCUT2D eigenvalue weighted by molar-refractivity contribution is 7.18. The number of rotatable bonds is 8. The first-order valence-corrected chi connectivity index (χ1v) is 15.6. The molecule has 0 aliphatic carbocycles. The molecule has 4 aromatic rings. The molecular weight excluding hydrogens is 559 g/mol. The van der Waals surface area contributed by atoms with Crippen molar-refractivity contribution in [3.8, 4) is 6.07 Å². The lowest BCUT2D eigenvalue weighted by atomic mass is 10.0. The Kier molecular flexibility index (Phi) is 8.39. The van der Waals surface area contributed by atoms with Crippen LogP contribution in [0.25, 0.3) is 21.1 Å². The minimum Gasteiger partial charge on any atom is -0.367 e. The Morgan fingerprint density at radius 2 is 1.79 bits per heavy atom. The first-order chi connectivity index (χ1) is 20.3. The van der Waals surface area contributed by atoms with Gasteiger partial charge in [0, 0.05) is 54.5 Å². The van der Waals surface area contributed by atoms with Gasteiger partial charge in [0.15, 0.2) is 0 Å². The lowest BCUT2D eigenvalue weighted by Crippen LogP contribution is -2.39. The van der Waals surface area contributed by atoms with E-state index in [0.29, 0.717) is 16.0 Å². The number of nitriles is 1. The van der Waals surface area contributed by atoms with Crippen molar-refractivity contribution in [2.45, 2.75) is 70.8 Å². The number of alkyl halides is 3. The fourth-order valence-corrected chi connectivity index (χ4v) is 7.45. The van der Waals surface area contributed by atoms with E-state index in [0.717, 1.165) is 86.6 Å². The van der Waals surface area contributed by atoms with Crippen LogP contribution in [0.5, 0.6) is 0 Å². The summed E-state index contributed by atoms with van der Waals surface area (Å²) in [6.45, 7) is 8.94. The molecule has 3 aromatic heterocycles. The molecule has 222 valence electrons. The van der Waals surface area contributed by atoms with Crippen LogP contribution in [0.15, 0.2) is 30.6 Å². The molecule has 2 aliphatic heterocycles. The summed E-state index contributed by atoms with van der Waals surface area (Å²) in [5.74, 6) is 0.613. The summed E-state index contributed by atoms with van der Waals surface area (Å²) in [5, 5.41) is 15.2. The Bertz CT molecular complexity index is 1590. The monoisotopic (exact) mass is 595 g/mol. The number of thiophene rings is 1. The average Bonchev–Trinajstić information content (AvgIpc) is 3.55. The van der Waals surface area contributed by atoms with Crippen LogP contribution >= 0.6 is 11.3 Å². The number of likely N-dealkylation sites (tertiary alicyclic amines) is 2. The summed E-state index contributed by atoms with van der Waals surface area (Å²) in [7, 11) is 0. The molecule has 2 fully saturated rings. The summed E-state index contributed by atoms with van der Waals surface area (Å²) in [4.78, 5) is 14.3. The Morgan fingerprint density at radius 3 is 2.52 bits per heavy atom. The van der Waals surface area contributed by atoms with Gasteiger partial charge in [0.25, 0.3) is 0 Å². The maximum atomic E-state index is 12.9. The van der Waals surface area contributed by atoms with Crippen molar-refractivity contribution in [2.75, 3.05) is 38.0 Å².